The summed E-state index contributed by atoms with van der Waals surface area (Å²) in [5, 5.41) is 5.98. The van der Waals surface area contributed by atoms with Gasteiger partial charge in [0.2, 0.25) is 0 Å². The Kier molecular flexibility index (Phi) is 3.17. The number of piperidine rings is 1. The summed E-state index contributed by atoms with van der Waals surface area (Å²) in [6, 6.07) is 12.8. The fourth-order valence-corrected chi connectivity index (χ4v) is 3.21. The van der Waals surface area contributed by atoms with E-state index in [0.717, 1.165) is 31.6 Å². The number of hydrogen-bond acceptors (Lipinski definition) is 2. The number of allylic oxidation sites excluding steroid dienone is 1. The molecule has 0 amide bonds. The first kappa shape index (κ1) is 12.5. The van der Waals surface area contributed by atoms with Crippen molar-refractivity contribution in [3.63, 3.8) is 0 Å². The molecule has 0 bridgehead atoms. The molecule has 1 aromatic carbocycles. The maximum absolute atomic E-state index is 4.60. The summed E-state index contributed by atoms with van der Waals surface area (Å²) in [5.41, 5.74) is 5.28. The van der Waals surface area contributed by atoms with Crippen LogP contribution in [0.1, 0.15) is 24.1 Å². The van der Waals surface area contributed by atoms with Crippen molar-refractivity contribution in [3.8, 4) is 0 Å². The number of rotatable bonds is 0. The largest absolute Gasteiger partial charge is 0.316 e. The Hall–Kier alpha value is -2.19. The highest BCUT2D eigenvalue weighted by atomic mass is 14.9. The second kappa shape index (κ2) is 5.30. The van der Waals surface area contributed by atoms with Crippen molar-refractivity contribution in [2.24, 2.45) is 0 Å². The molecule has 0 radical (unpaired) electrons. The highest BCUT2D eigenvalue weighted by Crippen LogP contribution is 2.28. The van der Waals surface area contributed by atoms with Gasteiger partial charge in [-0.05, 0) is 60.2 Å². The van der Waals surface area contributed by atoms with Crippen molar-refractivity contribution in [1.82, 2.24) is 10.3 Å². The standard InChI is InChI=1S/C19H18N2/c1-2-5-16-13-19-17(6-3-9-21-19)18(12-15(16)4-1)14-7-10-20-11-8-14/h1-6,9,12-13,20H,7-8,10-11H2. The van der Waals surface area contributed by atoms with Gasteiger partial charge in [0.15, 0.2) is 0 Å². The lowest BCUT2D eigenvalue weighted by molar-refractivity contribution is 0.612. The zero-order valence-electron chi connectivity index (χ0n) is 12.0. The van der Waals surface area contributed by atoms with Gasteiger partial charge in [-0.15, -0.1) is 0 Å². The lowest BCUT2D eigenvalue weighted by atomic mass is 9.93. The van der Waals surface area contributed by atoms with Crippen molar-refractivity contribution in [2.45, 2.75) is 12.8 Å². The van der Waals surface area contributed by atoms with Crippen LogP contribution in [0.25, 0.3) is 17.7 Å². The van der Waals surface area contributed by atoms with Crippen LogP contribution < -0.4 is 15.8 Å². The number of nitrogens with zero attached hydrogens (tertiary/aromatic N) is 1. The van der Waals surface area contributed by atoms with E-state index in [0.29, 0.717) is 0 Å². The number of aromatic nitrogens is 1. The highest BCUT2D eigenvalue weighted by Gasteiger charge is 2.15. The quantitative estimate of drug-likeness (QED) is 0.793. The van der Waals surface area contributed by atoms with E-state index < -0.39 is 0 Å². The Labute approximate surface area is 124 Å². The van der Waals surface area contributed by atoms with Crippen LogP contribution in [0.5, 0.6) is 0 Å². The van der Waals surface area contributed by atoms with Crippen LogP contribution in [0.3, 0.4) is 0 Å². The van der Waals surface area contributed by atoms with Gasteiger partial charge in [-0.2, -0.15) is 0 Å². The molecule has 0 spiro atoms. The molecule has 1 N–H and O–H groups in total. The molecule has 0 unspecified atom stereocenters. The molecule has 0 saturated carbocycles. The number of fused-ring (bicyclic) bond motifs is 2. The van der Waals surface area contributed by atoms with E-state index in [1.807, 2.05) is 12.3 Å². The third kappa shape index (κ3) is 2.32. The first-order valence-corrected chi connectivity index (χ1v) is 7.58. The zero-order valence-corrected chi connectivity index (χ0v) is 12.0. The van der Waals surface area contributed by atoms with Crippen LogP contribution in [-0.2, 0) is 0 Å². The summed E-state index contributed by atoms with van der Waals surface area (Å²) in [6.45, 7) is 2.15. The number of nitrogens with one attached hydrogen (secondary N) is 1. The number of benzene rings is 1. The van der Waals surface area contributed by atoms with Gasteiger partial charge in [0.1, 0.15) is 0 Å². The van der Waals surface area contributed by atoms with E-state index in [4.69, 9.17) is 0 Å². The van der Waals surface area contributed by atoms with Crippen LogP contribution in [0.2, 0.25) is 0 Å². The van der Waals surface area contributed by atoms with Crippen LogP contribution >= 0.6 is 0 Å². The lowest BCUT2D eigenvalue weighted by Crippen LogP contribution is -2.24. The molecule has 2 heterocycles. The molecule has 1 saturated heterocycles. The van der Waals surface area contributed by atoms with Gasteiger partial charge >= 0.3 is 0 Å². The van der Waals surface area contributed by atoms with Gasteiger partial charge in [-0.25, -0.2) is 0 Å². The molecule has 1 aromatic heterocycles. The van der Waals surface area contributed by atoms with Crippen LogP contribution in [-0.4, -0.2) is 18.1 Å². The lowest BCUT2D eigenvalue weighted by Gasteiger charge is -2.19. The molecule has 1 fully saturated rings. The van der Waals surface area contributed by atoms with Crippen LogP contribution in [0.15, 0.2) is 48.2 Å². The van der Waals surface area contributed by atoms with E-state index in [9.17, 15) is 0 Å². The topological polar surface area (TPSA) is 24.9 Å². The van der Waals surface area contributed by atoms with E-state index in [2.05, 4.69) is 52.8 Å². The molecule has 1 aliphatic heterocycles. The maximum atomic E-state index is 4.60. The van der Waals surface area contributed by atoms with E-state index in [1.54, 1.807) is 5.57 Å². The first-order valence-electron chi connectivity index (χ1n) is 7.58. The summed E-state index contributed by atoms with van der Waals surface area (Å²) in [4.78, 5) is 4.60. The van der Waals surface area contributed by atoms with Crippen LogP contribution in [0.4, 0.5) is 0 Å². The summed E-state index contributed by atoms with van der Waals surface area (Å²) < 4.78 is 0. The second-order valence-electron chi connectivity index (χ2n) is 5.62. The minimum absolute atomic E-state index is 1.08. The molecule has 1 aliphatic carbocycles. The van der Waals surface area contributed by atoms with E-state index in [-0.39, 0.29) is 0 Å². The molecule has 2 aromatic rings. The summed E-state index contributed by atoms with van der Waals surface area (Å²) in [6.07, 6.45) is 8.69. The predicted molar refractivity (Wildman–Crippen MR) is 87.0 cm³/mol. The van der Waals surface area contributed by atoms with E-state index in [1.165, 1.54) is 21.6 Å². The van der Waals surface area contributed by atoms with Gasteiger partial charge < -0.3 is 5.32 Å². The zero-order chi connectivity index (χ0) is 14.1. The summed E-state index contributed by atoms with van der Waals surface area (Å²) in [7, 11) is 0. The number of pyridine rings is 1. The summed E-state index contributed by atoms with van der Waals surface area (Å²) >= 11 is 0. The summed E-state index contributed by atoms with van der Waals surface area (Å²) in [5.74, 6) is 0. The Bertz CT molecular complexity index is 823. The molecular formula is C19H18N2. The minimum atomic E-state index is 1.08. The van der Waals surface area contributed by atoms with E-state index >= 15 is 0 Å². The molecule has 104 valence electrons. The van der Waals surface area contributed by atoms with Gasteiger partial charge in [0.25, 0.3) is 0 Å². The first-order chi connectivity index (χ1) is 10.4. The van der Waals surface area contributed by atoms with Crippen molar-refractivity contribution < 1.29 is 0 Å². The monoisotopic (exact) mass is 274 g/mol. The van der Waals surface area contributed by atoms with Gasteiger partial charge in [-0.1, -0.05) is 35.9 Å². The SMILES string of the molecule is C1=c2ccccc2=Cc2ncccc2C1=C1CCNCC1. The Morgan fingerprint density at radius 2 is 1.62 bits per heavy atom. The van der Waals surface area contributed by atoms with Crippen molar-refractivity contribution in [2.75, 3.05) is 13.1 Å². The highest BCUT2D eigenvalue weighted by molar-refractivity contribution is 5.93. The van der Waals surface area contributed by atoms with Crippen molar-refractivity contribution >= 4 is 17.7 Å². The normalized spacial score (nSPS) is 17.1. The minimum Gasteiger partial charge on any atom is -0.316 e. The van der Waals surface area contributed by atoms with Gasteiger partial charge in [-0.3, -0.25) is 4.98 Å². The maximum Gasteiger partial charge on any atom is 0.0714 e. The number of hydrogen-bond donors (Lipinski definition) is 1. The van der Waals surface area contributed by atoms with Crippen molar-refractivity contribution in [3.05, 3.63) is 69.9 Å². The van der Waals surface area contributed by atoms with Crippen molar-refractivity contribution in [1.29, 1.82) is 0 Å². The third-order valence-corrected chi connectivity index (χ3v) is 4.30. The predicted octanol–water partition coefficient (Wildman–Crippen LogP) is 1.84. The Morgan fingerprint density at radius 3 is 2.43 bits per heavy atom. The van der Waals surface area contributed by atoms with Gasteiger partial charge in [0.05, 0.1) is 5.69 Å². The fraction of sp³-hybridized carbons (Fsp3) is 0.211. The van der Waals surface area contributed by atoms with Crippen LogP contribution in [0, 0.1) is 0 Å². The molecule has 2 heteroatoms. The molecule has 2 nitrogen and oxygen atoms in total. The molecule has 4 rings (SSSR count). The molecule has 2 aliphatic rings. The smallest absolute Gasteiger partial charge is 0.0714 e. The van der Waals surface area contributed by atoms with Gasteiger partial charge in [0, 0.05) is 11.8 Å². The molecule has 21 heavy (non-hydrogen) atoms. The average Bonchev–Trinajstić information content (AvgIpc) is 2.72. The molecule has 0 atom stereocenters. The second-order valence-corrected chi connectivity index (χ2v) is 5.62. The fourth-order valence-electron chi connectivity index (χ4n) is 3.21. The average molecular weight is 274 g/mol. The third-order valence-electron chi connectivity index (χ3n) is 4.30. The Balaban J connectivity index is 2.05. The Morgan fingerprint density at radius 1 is 0.857 bits per heavy atom. The molecular weight excluding hydrogens is 256 g/mol.